The summed E-state index contributed by atoms with van der Waals surface area (Å²) in [4.78, 5) is 11.0. The minimum Gasteiger partial charge on any atom is -0.394 e. The number of thiol groups is 1. The highest BCUT2D eigenvalue weighted by molar-refractivity contribution is 7.75. The molecule has 0 bridgehead atoms. The van der Waals surface area contributed by atoms with E-state index >= 15 is 0 Å². The van der Waals surface area contributed by atoms with Crippen LogP contribution in [0, 0.1) is 5.92 Å². The second kappa shape index (κ2) is 9.38. The average Bonchev–Trinajstić information content (AvgIpc) is 2.21. The molecule has 0 fully saturated rings. The molecule has 1 atom stereocenters. The Hall–Kier alpha value is -0.180. The van der Waals surface area contributed by atoms with Crippen LogP contribution < -0.4 is 0 Å². The van der Waals surface area contributed by atoms with Crippen molar-refractivity contribution in [2.45, 2.75) is 58.8 Å². The van der Waals surface area contributed by atoms with Gasteiger partial charge in [0.25, 0.3) is 0 Å². The van der Waals surface area contributed by atoms with Crippen LogP contribution in [-0.4, -0.2) is 5.97 Å². The molecule has 0 aliphatic rings. The van der Waals surface area contributed by atoms with Gasteiger partial charge >= 0.3 is 5.97 Å². The van der Waals surface area contributed by atoms with Gasteiger partial charge in [0, 0.05) is 12.9 Å². The molecule has 1 unspecified atom stereocenters. The standard InChI is InChI=1S/C11H22O2S/c1-3-4-5-6-7-8-9-10(2)11(12)13-14/h10,14H,3-9H2,1-2H3. The van der Waals surface area contributed by atoms with E-state index in [0.717, 1.165) is 12.8 Å². The van der Waals surface area contributed by atoms with E-state index in [1.165, 1.54) is 32.1 Å². The molecule has 0 spiro atoms. The van der Waals surface area contributed by atoms with Gasteiger partial charge in [-0.2, -0.15) is 0 Å². The monoisotopic (exact) mass is 218 g/mol. The maximum absolute atomic E-state index is 11.0. The highest BCUT2D eigenvalue weighted by atomic mass is 32.1. The van der Waals surface area contributed by atoms with Gasteiger partial charge in [0.1, 0.15) is 0 Å². The normalized spacial score (nSPS) is 12.5. The molecule has 0 N–H and O–H groups in total. The summed E-state index contributed by atoms with van der Waals surface area (Å²) >= 11 is 3.50. The summed E-state index contributed by atoms with van der Waals surface area (Å²) in [5.41, 5.74) is 0. The molecule has 0 aliphatic heterocycles. The van der Waals surface area contributed by atoms with Gasteiger partial charge in [0.15, 0.2) is 0 Å². The predicted molar refractivity (Wildman–Crippen MR) is 62.2 cm³/mol. The lowest BCUT2D eigenvalue weighted by Crippen LogP contribution is -2.10. The highest BCUT2D eigenvalue weighted by Crippen LogP contribution is 2.13. The molecule has 0 radical (unpaired) electrons. The minimum absolute atomic E-state index is 0.00123. The van der Waals surface area contributed by atoms with Crippen LogP contribution in [0.2, 0.25) is 0 Å². The molecule has 0 saturated carbocycles. The number of hydrogen-bond donors (Lipinski definition) is 1. The molecular formula is C11H22O2S. The highest BCUT2D eigenvalue weighted by Gasteiger charge is 2.12. The van der Waals surface area contributed by atoms with Gasteiger partial charge in [-0.15, -0.1) is 0 Å². The Morgan fingerprint density at radius 1 is 1.21 bits per heavy atom. The second-order valence-corrected chi connectivity index (χ2v) is 4.05. The molecule has 0 aromatic heterocycles. The molecule has 0 aromatic carbocycles. The Balaban J connectivity index is 3.23. The van der Waals surface area contributed by atoms with E-state index in [9.17, 15) is 4.79 Å². The van der Waals surface area contributed by atoms with Crippen molar-refractivity contribution in [3.8, 4) is 0 Å². The average molecular weight is 218 g/mol. The zero-order valence-corrected chi connectivity index (χ0v) is 10.2. The minimum atomic E-state index is -0.207. The van der Waals surface area contributed by atoms with E-state index in [1.807, 2.05) is 6.92 Å². The lowest BCUT2D eigenvalue weighted by molar-refractivity contribution is -0.137. The van der Waals surface area contributed by atoms with Crippen molar-refractivity contribution in [1.29, 1.82) is 0 Å². The zero-order valence-electron chi connectivity index (χ0n) is 9.29. The van der Waals surface area contributed by atoms with Crippen LogP contribution in [0.25, 0.3) is 0 Å². The maximum atomic E-state index is 11.0. The molecule has 84 valence electrons. The maximum Gasteiger partial charge on any atom is 0.320 e. The van der Waals surface area contributed by atoms with Crippen molar-refractivity contribution in [3.05, 3.63) is 0 Å². The fourth-order valence-corrected chi connectivity index (χ4v) is 1.62. The number of carbonyl (C=O) groups excluding carboxylic acids is 1. The fourth-order valence-electron chi connectivity index (χ4n) is 1.44. The zero-order chi connectivity index (χ0) is 10.8. The predicted octanol–water partition coefficient (Wildman–Crippen LogP) is 3.76. The number of rotatable bonds is 8. The summed E-state index contributed by atoms with van der Waals surface area (Å²) in [6.45, 7) is 4.11. The molecule has 3 heteroatoms. The summed E-state index contributed by atoms with van der Waals surface area (Å²) < 4.78 is 4.36. The van der Waals surface area contributed by atoms with Crippen molar-refractivity contribution < 1.29 is 8.98 Å². The third-order valence-corrected chi connectivity index (χ3v) is 2.66. The Bertz CT molecular complexity index is 148. The molecule has 2 nitrogen and oxygen atoms in total. The molecule has 0 rings (SSSR count). The van der Waals surface area contributed by atoms with E-state index in [2.05, 4.69) is 24.0 Å². The first-order valence-electron chi connectivity index (χ1n) is 5.57. The van der Waals surface area contributed by atoms with Crippen molar-refractivity contribution >= 4 is 18.9 Å². The first kappa shape index (κ1) is 13.8. The Labute approximate surface area is 93.0 Å². The molecule has 0 heterocycles. The van der Waals surface area contributed by atoms with Crippen LogP contribution in [-0.2, 0) is 8.98 Å². The van der Waals surface area contributed by atoms with Crippen molar-refractivity contribution in [1.82, 2.24) is 0 Å². The van der Waals surface area contributed by atoms with E-state index < -0.39 is 0 Å². The van der Waals surface area contributed by atoms with E-state index in [0.29, 0.717) is 0 Å². The third kappa shape index (κ3) is 7.25. The van der Waals surface area contributed by atoms with E-state index in [-0.39, 0.29) is 11.9 Å². The molecule has 0 amide bonds. The Morgan fingerprint density at radius 3 is 2.36 bits per heavy atom. The van der Waals surface area contributed by atoms with Crippen LogP contribution in [0.5, 0.6) is 0 Å². The van der Waals surface area contributed by atoms with E-state index in [1.54, 1.807) is 0 Å². The lowest BCUT2D eigenvalue weighted by Gasteiger charge is -2.07. The van der Waals surface area contributed by atoms with Crippen LogP contribution in [0.3, 0.4) is 0 Å². The fraction of sp³-hybridized carbons (Fsp3) is 0.909. The molecule has 0 aromatic rings. The van der Waals surface area contributed by atoms with Gasteiger partial charge in [0.2, 0.25) is 0 Å². The van der Waals surface area contributed by atoms with Gasteiger partial charge in [-0.05, 0) is 6.42 Å². The number of hydrogen-bond acceptors (Lipinski definition) is 3. The van der Waals surface area contributed by atoms with Gasteiger partial charge in [-0.3, -0.25) is 4.79 Å². The number of carbonyl (C=O) groups is 1. The van der Waals surface area contributed by atoms with Crippen molar-refractivity contribution in [2.75, 3.05) is 0 Å². The molecule has 14 heavy (non-hydrogen) atoms. The number of unbranched alkanes of at least 4 members (excludes halogenated alkanes) is 5. The smallest absolute Gasteiger partial charge is 0.320 e. The largest absolute Gasteiger partial charge is 0.394 e. The van der Waals surface area contributed by atoms with Crippen LogP contribution >= 0.6 is 12.9 Å². The first-order valence-corrected chi connectivity index (χ1v) is 5.94. The summed E-state index contributed by atoms with van der Waals surface area (Å²) in [6, 6.07) is 0. The van der Waals surface area contributed by atoms with Gasteiger partial charge in [0.05, 0.1) is 5.92 Å². The first-order chi connectivity index (χ1) is 6.72. The van der Waals surface area contributed by atoms with Crippen LogP contribution in [0.15, 0.2) is 0 Å². The Morgan fingerprint density at radius 2 is 1.79 bits per heavy atom. The lowest BCUT2D eigenvalue weighted by atomic mass is 10.0. The summed E-state index contributed by atoms with van der Waals surface area (Å²) in [7, 11) is 0. The molecular weight excluding hydrogens is 196 g/mol. The van der Waals surface area contributed by atoms with Crippen LogP contribution in [0.4, 0.5) is 0 Å². The van der Waals surface area contributed by atoms with Gasteiger partial charge in [-0.1, -0.05) is 52.4 Å². The quantitative estimate of drug-likeness (QED) is 0.381. The Kier molecular flexibility index (Phi) is 9.26. The topological polar surface area (TPSA) is 26.3 Å². The molecule has 0 aliphatic carbocycles. The van der Waals surface area contributed by atoms with Crippen LogP contribution in [0.1, 0.15) is 58.8 Å². The van der Waals surface area contributed by atoms with Crippen molar-refractivity contribution in [3.63, 3.8) is 0 Å². The third-order valence-electron chi connectivity index (χ3n) is 2.48. The molecule has 0 saturated heterocycles. The van der Waals surface area contributed by atoms with Crippen molar-refractivity contribution in [2.24, 2.45) is 5.92 Å². The summed E-state index contributed by atoms with van der Waals surface area (Å²) in [6.07, 6.45) is 8.48. The van der Waals surface area contributed by atoms with E-state index in [4.69, 9.17) is 0 Å². The summed E-state index contributed by atoms with van der Waals surface area (Å²) in [5, 5.41) is 0. The second-order valence-electron chi connectivity index (χ2n) is 3.87. The SMILES string of the molecule is CCCCCCCCC(C)C(=O)OS. The summed E-state index contributed by atoms with van der Waals surface area (Å²) in [5.74, 6) is -0.208. The van der Waals surface area contributed by atoms with Gasteiger partial charge < -0.3 is 4.18 Å². The van der Waals surface area contributed by atoms with Gasteiger partial charge in [-0.25, -0.2) is 0 Å².